The minimum Gasteiger partial charge on any atom is -0.362 e. The normalized spacial score (nSPS) is 13.3. The average Bonchev–Trinajstić information content (AvgIpc) is 2.94. The van der Waals surface area contributed by atoms with Crippen LogP contribution in [0.3, 0.4) is 0 Å². The molecule has 2 heterocycles. The van der Waals surface area contributed by atoms with Gasteiger partial charge in [-0.05, 0) is 46.0 Å². The van der Waals surface area contributed by atoms with Crippen molar-refractivity contribution in [2.45, 2.75) is 39.2 Å². The molecule has 6 nitrogen and oxygen atoms in total. The van der Waals surface area contributed by atoms with Gasteiger partial charge in [0.05, 0.1) is 0 Å². The maximum Gasteiger partial charge on any atom is 0.200 e. The maximum atomic E-state index is 4.33. The van der Waals surface area contributed by atoms with Gasteiger partial charge in [0.25, 0.3) is 0 Å². The van der Waals surface area contributed by atoms with Gasteiger partial charge in [-0.1, -0.05) is 45.0 Å². The van der Waals surface area contributed by atoms with Crippen LogP contribution in [0, 0.1) is 0 Å². The van der Waals surface area contributed by atoms with E-state index >= 15 is 0 Å². The van der Waals surface area contributed by atoms with Crippen LogP contribution in [0.2, 0.25) is 0 Å². The van der Waals surface area contributed by atoms with Crippen LogP contribution < -0.4 is 5.32 Å². The van der Waals surface area contributed by atoms with Crippen molar-refractivity contribution in [1.29, 1.82) is 0 Å². The summed E-state index contributed by atoms with van der Waals surface area (Å²) in [6, 6.07) is 12.6. The van der Waals surface area contributed by atoms with Crippen LogP contribution in [-0.2, 0) is 5.41 Å². The third-order valence-corrected chi connectivity index (χ3v) is 3.71. The molecule has 0 aliphatic rings. The van der Waals surface area contributed by atoms with Gasteiger partial charge in [-0.15, -0.1) is 14.8 Å². The van der Waals surface area contributed by atoms with Gasteiger partial charge < -0.3 is 5.32 Å². The molecule has 114 valence electrons. The van der Waals surface area contributed by atoms with Gasteiger partial charge in [-0.2, -0.15) is 0 Å². The number of tetrazole rings is 1. The Kier molecular flexibility index (Phi) is 3.52. The highest BCUT2D eigenvalue weighted by Gasteiger charge is 2.14. The molecule has 22 heavy (non-hydrogen) atoms. The minimum absolute atomic E-state index is 0.149. The third-order valence-electron chi connectivity index (χ3n) is 3.71. The number of nitrogens with one attached hydrogen (secondary N) is 1. The number of hydrogen-bond acceptors (Lipinski definition) is 5. The Labute approximate surface area is 129 Å². The lowest BCUT2D eigenvalue weighted by atomic mass is 9.86. The van der Waals surface area contributed by atoms with Crippen LogP contribution in [-0.4, -0.2) is 25.3 Å². The van der Waals surface area contributed by atoms with Crippen LogP contribution in [0.4, 0.5) is 5.82 Å². The van der Waals surface area contributed by atoms with Crippen molar-refractivity contribution in [2.75, 3.05) is 5.32 Å². The zero-order valence-corrected chi connectivity index (χ0v) is 13.3. The second-order valence-corrected chi connectivity index (χ2v) is 6.48. The SMILES string of the molecule is C[C@@H](Nc1ccc2nnnn2n1)c1ccc(C(C)(C)C)cc1. The maximum absolute atomic E-state index is 4.33. The summed E-state index contributed by atoms with van der Waals surface area (Å²) in [5, 5.41) is 18.9. The highest BCUT2D eigenvalue weighted by molar-refractivity contribution is 5.44. The topological polar surface area (TPSA) is 68.0 Å². The van der Waals surface area contributed by atoms with Crippen LogP contribution >= 0.6 is 0 Å². The molecule has 0 fully saturated rings. The number of rotatable bonds is 3. The van der Waals surface area contributed by atoms with Crippen LogP contribution in [0.5, 0.6) is 0 Å². The molecule has 1 atom stereocenters. The lowest BCUT2D eigenvalue weighted by Crippen LogP contribution is -2.12. The summed E-state index contributed by atoms with van der Waals surface area (Å²) < 4.78 is 1.41. The predicted molar refractivity (Wildman–Crippen MR) is 85.8 cm³/mol. The second-order valence-electron chi connectivity index (χ2n) is 6.48. The Morgan fingerprint density at radius 1 is 1.05 bits per heavy atom. The van der Waals surface area contributed by atoms with Crippen molar-refractivity contribution in [3.8, 4) is 0 Å². The smallest absolute Gasteiger partial charge is 0.200 e. The minimum atomic E-state index is 0.149. The number of hydrogen-bond donors (Lipinski definition) is 1. The van der Waals surface area contributed by atoms with Crippen molar-refractivity contribution in [1.82, 2.24) is 25.3 Å². The Morgan fingerprint density at radius 2 is 1.77 bits per heavy atom. The first-order valence-corrected chi connectivity index (χ1v) is 7.36. The Balaban J connectivity index is 1.77. The summed E-state index contributed by atoms with van der Waals surface area (Å²) in [5.74, 6) is 0.743. The molecule has 0 spiro atoms. The predicted octanol–water partition coefficient (Wildman–Crippen LogP) is 2.99. The highest BCUT2D eigenvalue weighted by Crippen LogP contribution is 2.25. The van der Waals surface area contributed by atoms with Gasteiger partial charge in [0.2, 0.25) is 0 Å². The van der Waals surface area contributed by atoms with E-state index in [4.69, 9.17) is 0 Å². The van der Waals surface area contributed by atoms with E-state index in [1.165, 1.54) is 15.8 Å². The molecular formula is C16H20N6. The van der Waals surface area contributed by atoms with E-state index in [0.29, 0.717) is 5.65 Å². The fourth-order valence-corrected chi connectivity index (χ4v) is 2.30. The van der Waals surface area contributed by atoms with Gasteiger partial charge in [0.15, 0.2) is 5.65 Å². The Morgan fingerprint density at radius 3 is 2.45 bits per heavy atom. The lowest BCUT2D eigenvalue weighted by molar-refractivity contribution is 0.589. The van der Waals surface area contributed by atoms with Crippen molar-refractivity contribution in [3.05, 3.63) is 47.5 Å². The quantitative estimate of drug-likeness (QED) is 0.804. The molecule has 0 aliphatic carbocycles. The summed E-state index contributed by atoms with van der Waals surface area (Å²) in [4.78, 5) is 0. The second kappa shape index (κ2) is 5.36. The fraction of sp³-hybridized carbons (Fsp3) is 0.375. The van der Waals surface area contributed by atoms with Crippen molar-refractivity contribution in [2.24, 2.45) is 0 Å². The van der Waals surface area contributed by atoms with Gasteiger partial charge in [-0.25, -0.2) is 0 Å². The molecule has 2 aromatic heterocycles. The van der Waals surface area contributed by atoms with Gasteiger partial charge in [-0.3, -0.25) is 0 Å². The molecule has 3 aromatic rings. The summed E-state index contributed by atoms with van der Waals surface area (Å²) in [6.07, 6.45) is 0. The van der Waals surface area contributed by atoms with E-state index in [2.05, 4.69) is 77.9 Å². The van der Waals surface area contributed by atoms with Crippen LogP contribution in [0.1, 0.15) is 44.9 Å². The number of nitrogens with zero attached hydrogens (tertiary/aromatic N) is 5. The average molecular weight is 296 g/mol. The zero-order chi connectivity index (χ0) is 15.7. The van der Waals surface area contributed by atoms with Crippen molar-refractivity contribution >= 4 is 11.5 Å². The first-order valence-electron chi connectivity index (χ1n) is 7.36. The number of benzene rings is 1. The third kappa shape index (κ3) is 2.90. The van der Waals surface area contributed by atoms with E-state index < -0.39 is 0 Å². The molecular weight excluding hydrogens is 276 g/mol. The summed E-state index contributed by atoms with van der Waals surface area (Å²) in [7, 11) is 0. The van der Waals surface area contributed by atoms with Crippen molar-refractivity contribution < 1.29 is 0 Å². The van der Waals surface area contributed by atoms with Crippen LogP contribution in [0.15, 0.2) is 36.4 Å². The molecule has 0 radical (unpaired) electrons. The molecule has 6 heteroatoms. The van der Waals surface area contributed by atoms with E-state index in [0.717, 1.165) is 5.82 Å². The monoisotopic (exact) mass is 296 g/mol. The molecule has 0 bridgehead atoms. The number of anilines is 1. The van der Waals surface area contributed by atoms with Crippen LogP contribution in [0.25, 0.3) is 5.65 Å². The lowest BCUT2D eigenvalue weighted by Gasteiger charge is -2.20. The molecule has 1 aromatic carbocycles. The molecule has 0 saturated carbocycles. The summed E-state index contributed by atoms with van der Waals surface area (Å²) >= 11 is 0. The molecule has 0 aliphatic heterocycles. The van der Waals surface area contributed by atoms with E-state index in [1.807, 2.05) is 12.1 Å². The van der Waals surface area contributed by atoms with Gasteiger partial charge in [0, 0.05) is 6.04 Å². The summed E-state index contributed by atoms with van der Waals surface area (Å²) in [5.41, 5.74) is 3.35. The molecule has 0 saturated heterocycles. The first-order chi connectivity index (χ1) is 10.4. The van der Waals surface area contributed by atoms with E-state index in [9.17, 15) is 0 Å². The standard InChI is InChI=1S/C16H20N6/c1-11(12-5-7-13(8-6-12)16(2,3)4)17-14-9-10-15-18-20-21-22(15)19-14/h5-11H,1-4H3,(H,17,19)/t11-/m1/s1. The van der Waals surface area contributed by atoms with E-state index in [1.54, 1.807) is 0 Å². The number of fused-ring (bicyclic) bond motifs is 1. The zero-order valence-electron chi connectivity index (χ0n) is 13.3. The fourth-order valence-electron chi connectivity index (χ4n) is 2.30. The first kappa shape index (κ1) is 14.4. The molecule has 1 N–H and O–H groups in total. The van der Waals surface area contributed by atoms with Crippen molar-refractivity contribution in [3.63, 3.8) is 0 Å². The largest absolute Gasteiger partial charge is 0.362 e. The number of aromatic nitrogens is 5. The van der Waals surface area contributed by atoms with Gasteiger partial charge >= 0.3 is 0 Å². The Bertz CT molecular complexity index is 769. The van der Waals surface area contributed by atoms with Gasteiger partial charge in [0.1, 0.15) is 5.82 Å². The highest BCUT2D eigenvalue weighted by atomic mass is 15.6. The molecule has 0 amide bonds. The molecule has 0 unspecified atom stereocenters. The molecule has 3 rings (SSSR count). The summed E-state index contributed by atoms with van der Waals surface area (Å²) in [6.45, 7) is 8.76. The van der Waals surface area contributed by atoms with E-state index in [-0.39, 0.29) is 11.5 Å². The Hall–Kier alpha value is -2.50.